The van der Waals surface area contributed by atoms with Crippen molar-refractivity contribution in [3.8, 4) is 16.6 Å². The van der Waals surface area contributed by atoms with Crippen LogP contribution in [0, 0.1) is 0 Å². The highest BCUT2D eigenvalue weighted by atomic mass is 35.7. The van der Waals surface area contributed by atoms with E-state index in [9.17, 15) is 22.8 Å². The van der Waals surface area contributed by atoms with E-state index in [0.717, 1.165) is 17.4 Å². The number of hydrogen-bond donors (Lipinski definition) is 1. The van der Waals surface area contributed by atoms with Gasteiger partial charge < -0.3 is 14.2 Å². The Bertz CT molecular complexity index is 1060. The minimum absolute atomic E-state index is 0.0182. The van der Waals surface area contributed by atoms with E-state index in [1.54, 1.807) is 0 Å². The van der Waals surface area contributed by atoms with E-state index >= 15 is 0 Å². The summed E-state index contributed by atoms with van der Waals surface area (Å²) < 4.78 is 37.9. The normalized spacial score (nSPS) is 12.5. The number of carbonyl (C=O) groups is 3. The highest BCUT2D eigenvalue weighted by Gasteiger charge is 2.25. The number of ketones is 1. The van der Waals surface area contributed by atoms with Gasteiger partial charge in [0.25, 0.3) is 15.0 Å². The van der Waals surface area contributed by atoms with Gasteiger partial charge in [0.15, 0.2) is 17.3 Å². The Morgan fingerprint density at radius 2 is 1.81 bits per heavy atom. The van der Waals surface area contributed by atoms with Crippen LogP contribution in [0.25, 0.3) is 0 Å². The number of carbonyl (C=O) groups excluding carboxylic acids is 3. The van der Waals surface area contributed by atoms with Crippen LogP contribution in [0.15, 0.2) is 28.5 Å². The van der Waals surface area contributed by atoms with Gasteiger partial charge in [0.2, 0.25) is 11.9 Å². The molecule has 1 aliphatic rings. The fourth-order valence-corrected chi connectivity index (χ4v) is 4.40. The first-order chi connectivity index (χ1) is 12.7. The predicted octanol–water partition coefficient (Wildman–Crippen LogP) is 2.54. The molecule has 2 amide bonds. The molecule has 0 bridgehead atoms. The lowest BCUT2D eigenvalue weighted by molar-refractivity contribution is 0.0935. The second-order valence-corrected chi connectivity index (χ2v) is 8.57. The van der Waals surface area contributed by atoms with Crippen LogP contribution < -0.4 is 19.5 Å². The lowest BCUT2D eigenvalue weighted by Gasteiger charge is -2.09. The maximum Gasteiger partial charge on any atom is 0.420 e. The van der Waals surface area contributed by atoms with Crippen molar-refractivity contribution in [1.82, 2.24) is 5.32 Å². The zero-order chi connectivity index (χ0) is 19.8. The third kappa shape index (κ3) is 4.04. The third-order valence-electron chi connectivity index (χ3n) is 3.40. The van der Waals surface area contributed by atoms with Gasteiger partial charge in [-0.3, -0.25) is 14.9 Å². The molecule has 0 unspecified atom stereocenters. The Morgan fingerprint density at radius 1 is 1.19 bits per heavy atom. The van der Waals surface area contributed by atoms with Gasteiger partial charge in [-0.1, -0.05) is 0 Å². The van der Waals surface area contributed by atoms with Crippen molar-refractivity contribution in [2.45, 2.75) is 11.8 Å². The molecule has 0 fully saturated rings. The van der Waals surface area contributed by atoms with E-state index in [1.807, 2.05) is 5.32 Å². The number of halogens is 1. The molecule has 12 heteroatoms. The summed E-state index contributed by atoms with van der Waals surface area (Å²) in [7, 11) is 1.11. The van der Waals surface area contributed by atoms with Crippen molar-refractivity contribution in [2.75, 3.05) is 6.79 Å². The van der Waals surface area contributed by atoms with Crippen molar-refractivity contribution in [1.29, 1.82) is 0 Å². The monoisotopic (exact) mass is 431 g/mol. The zero-order valence-corrected chi connectivity index (χ0v) is 15.9. The molecular weight excluding hydrogens is 422 g/mol. The van der Waals surface area contributed by atoms with Crippen molar-refractivity contribution in [2.24, 2.45) is 0 Å². The summed E-state index contributed by atoms with van der Waals surface area (Å²) in [6, 6.07) is 3.76. The van der Waals surface area contributed by atoms with E-state index < -0.39 is 31.7 Å². The molecule has 0 atom stereocenters. The molecule has 0 aliphatic carbocycles. The van der Waals surface area contributed by atoms with Gasteiger partial charge in [0.05, 0.1) is 5.56 Å². The number of Topliss-reactive ketones (excluding diaryl/α,β-unsaturated/α-hetero) is 1. The van der Waals surface area contributed by atoms with Crippen LogP contribution >= 0.6 is 22.0 Å². The Labute approximate surface area is 161 Å². The summed E-state index contributed by atoms with van der Waals surface area (Å²) in [5.74, 6) is -0.821. The fraction of sp³-hybridized carbons (Fsp3) is 0.133. The number of rotatable bonds is 4. The second kappa shape index (κ2) is 7.18. The average molecular weight is 432 g/mol. The highest BCUT2D eigenvalue weighted by molar-refractivity contribution is 8.14. The van der Waals surface area contributed by atoms with Crippen molar-refractivity contribution < 1.29 is 37.0 Å². The molecular formula is C15H10ClNO8S2. The van der Waals surface area contributed by atoms with Crippen LogP contribution in [0.4, 0.5) is 4.79 Å². The number of thiophene rings is 1. The topological polar surface area (TPSA) is 125 Å². The number of imide groups is 1. The van der Waals surface area contributed by atoms with E-state index in [2.05, 4.69) is 0 Å². The molecule has 3 rings (SSSR count). The number of hydrogen-bond acceptors (Lipinski definition) is 9. The van der Waals surface area contributed by atoms with Crippen LogP contribution in [0.5, 0.6) is 16.6 Å². The molecule has 0 spiro atoms. The van der Waals surface area contributed by atoms with Crippen molar-refractivity contribution in [3.63, 3.8) is 0 Å². The molecule has 9 nitrogen and oxygen atoms in total. The molecule has 27 heavy (non-hydrogen) atoms. The first-order valence-electron chi connectivity index (χ1n) is 7.16. The summed E-state index contributed by atoms with van der Waals surface area (Å²) in [4.78, 5) is 35.7. The zero-order valence-electron chi connectivity index (χ0n) is 13.5. The van der Waals surface area contributed by atoms with Crippen molar-refractivity contribution in [3.05, 3.63) is 34.7 Å². The highest BCUT2D eigenvalue weighted by Crippen LogP contribution is 2.35. The first-order valence-corrected chi connectivity index (χ1v) is 10.4. The standard InChI is InChI=1S/C15H10ClNO8S2/c1-7(18)8-4-10-11(24-6-23-10)5-9(8)13(19)17-15(20)25-14-12(2-3-26-14)27(16,21)22/h2-5H,6H2,1H3,(H,17,19,20). The Balaban J connectivity index is 1.81. The molecule has 142 valence electrons. The maximum absolute atomic E-state index is 12.4. The number of amides is 2. The van der Waals surface area contributed by atoms with Crippen LogP contribution in [0.3, 0.4) is 0 Å². The average Bonchev–Trinajstić information content (AvgIpc) is 3.20. The maximum atomic E-state index is 12.4. The Kier molecular flexibility index (Phi) is 5.09. The SMILES string of the molecule is CC(=O)c1cc2c(cc1C(=O)NC(=O)Oc1sccc1S(=O)(=O)Cl)OCO2. The summed E-state index contributed by atoms with van der Waals surface area (Å²) in [5.41, 5.74) is -0.107. The fourth-order valence-electron chi connectivity index (χ4n) is 2.23. The van der Waals surface area contributed by atoms with Gasteiger partial charge in [0.1, 0.15) is 4.90 Å². The smallest absolute Gasteiger partial charge is 0.420 e. The van der Waals surface area contributed by atoms with E-state index in [4.69, 9.17) is 24.9 Å². The molecule has 0 radical (unpaired) electrons. The minimum Gasteiger partial charge on any atom is -0.454 e. The van der Waals surface area contributed by atoms with Gasteiger partial charge in [-0.05, 0) is 30.5 Å². The van der Waals surface area contributed by atoms with E-state index in [1.165, 1.54) is 24.4 Å². The van der Waals surface area contributed by atoms with Crippen LogP contribution in [-0.2, 0) is 9.05 Å². The van der Waals surface area contributed by atoms with E-state index in [-0.39, 0.29) is 28.7 Å². The molecule has 1 aromatic heterocycles. The summed E-state index contributed by atoms with van der Waals surface area (Å²) in [5, 5.41) is 2.97. The molecule has 1 aliphatic heterocycles. The third-order valence-corrected chi connectivity index (χ3v) is 5.66. The summed E-state index contributed by atoms with van der Waals surface area (Å²) >= 11 is 0.803. The van der Waals surface area contributed by atoms with E-state index in [0.29, 0.717) is 5.75 Å². The quantitative estimate of drug-likeness (QED) is 0.578. The Morgan fingerprint density at radius 3 is 2.41 bits per heavy atom. The lowest BCUT2D eigenvalue weighted by atomic mass is 10.0. The second-order valence-electron chi connectivity index (χ2n) is 5.16. The van der Waals surface area contributed by atoms with Gasteiger partial charge in [-0.15, -0.1) is 11.3 Å². The van der Waals surface area contributed by atoms with Crippen LogP contribution in [-0.4, -0.2) is 33.0 Å². The van der Waals surface area contributed by atoms with Gasteiger partial charge in [-0.25, -0.2) is 13.2 Å². The Hall–Kier alpha value is -2.63. The summed E-state index contributed by atoms with van der Waals surface area (Å²) in [6.07, 6.45) is -1.24. The van der Waals surface area contributed by atoms with Crippen molar-refractivity contribution >= 4 is 48.9 Å². The van der Waals surface area contributed by atoms with Crippen LogP contribution in [0.1, 0.15) is 27.6 Å². The van der Waals surface area contributed by atoms with Gasteiger partial charge in [0, 0.05) is 16.2 Å². The molecule has 2 aromatic rings. The molecule has 1 aromatic carbocycles. The van der Waals surface area contributed by atoms with Crippen LogP contribution in [0.2, 0.25) is 0 Å². The number of ether oxygens (including phenoxy) is 3. The molecule has 2 heterocycles. The first kappa shape index (κ1) is 19.1. The number of benzene rings is 1. The lowest BCUT2D eigenvalue weighted by Crippen LogP contribution is -2.33. The van der Waals surface area contributed by atoms with Gasteiger partial charge in [-0.2, -0.15) is 0 Å². The largest absolute Gasteiger partial charge is 0.454 e. The number of fused-ring (bicyclic) bond motifs is 1. The number of nitrogens with one attached hydrogen (secondary N) is 1. The van der Waals surface area contributed by atoms with Gasteiger partial charge >= 0.3 is 6.09 Å². The molecule has 0 saturated heterocycles. The molecule has 1 N–H and O–H groups in total. The molecule has 0 saturated carbocycles. The summed E-state index contributed by atoms with van der Waals surface area (Å²) in [6.45, 7) is 1.18. The minimum atomic E-state index is -4.12. The predicted molar refractivity (Wildman–Crippen MR) is 93.4 cm³/mol.